The Morgan fingerprint density at radius 2 is 1.84 bits per heavy atom. The van der Waals surface area contributed by atoms with Crippen LogP contribution in [0.1, 0.15) is 0 Å². The second-order valence-corrected chi connectivity index (χ2v) is 3.63. The van der Waals surface area contributed by atoms with Crippen molar-refractivity contribution in [1.29, 1.82) is 0 Å². The van der Waals surface area contributed by atoms with Gasteiger partial charge >= 0.3 is 12.1 Å². The van der Waals surface area contributed by atoms with Gasteiger partial charge in [0, 0.05) is 13.1 Å². The molecule has 1 aliphatic heterocycles. The number of nitrogens with one attached hydrogen (secondary N) is 1. The van der Waals surface area contributed by atoms with Crippen molar-refractivity contribution in [3.05, 3.63) is 30.1 Å². The van der Waals surface area contributed by atoms with Gasteiger partial charge in [0.25, 0.3) is 0 Å². The molecule has 0 aromatic heterocycles. The van der Waals surface area contributed by atoms with Gasteiger partial charge in [-0.3, -0.25) is 0 Å². The van der Waals surface area contributed by atoms with E-state index in [1.807, 2.05) is 0 Å². The van der Waals surface area contributed by atoms with Crippen molar-refractivity contribution in [2.45, 2.75) is 12.3 Å². The Balaban J connectivity index is 0.000000224. The molecule has 1 heterocycles. The van der Waals surface area contributed by atoms with Crippen LogP contribution in [0.3, 0.4) is 0 Å². The number of rotatable bonds is 2. The van der Waals surface area contributed by atoms with E-state index in [1.165, 1.54) is 6.07 Å². The third-order valence-corrected chi connectivity index (χ3v) is 2.12. The number of aliphatic carboxylic acids is 1. The van der Waals surface area contributed by atoms with Crippen molar-refractivity contribution in [1.82, 2.24) is 5.32 Å². The predicted molar refractivity (Wildman–Crippen MR) is 57.4 cm³/mol. The summed E-state index contributed by atoms with van der Waals surface area (Å²) in [6.07, 6.45) is -4.94. The number of benzene rings is 1. The molecule has 4 nitrogen and oxygen atoms in total. The molecule has 0 amide bonds. The topological polar surface area (TPSA) is 58.6 Å². The highest BCUT2D eigenvalue weighted by molar-refractivity contribution is 5.73. The fourth-order valence-corrected chi connectivity index (χ4v) is 1.07. The van der Waals surface area contributed by atoms with E-state index in [1.54, 1.807) is 18.2 Å². The molecule has 1 fully saturated rings. The number of carboxylic acids is 1. The van der Waals surface area contributed by atoms with E-state index in [-0.39, 0.29) is 11.9 Å². The average Bonchev–Trinajstić information content (AvgIpc) is 2.25. The Labute approximate surface area is 106 Å². The lowest BCUT2D eigenvalue weighted by Gasteiger charge is -2.27. The number of alkyl halides is 3. The molecule has 0 spiro atoms. The Morgan fingerprint density at radius 1 is 1.32 bits per heavy atom. The van der Waals surface area contributed by atoms with E-state index < -0.39 is 12.1 Å². The quantitative estimate of drug-likeness (QED) is 0.812. The van der Waals surface area contributed by atoms with Crippen molar-refractivity contribution >= 4 is 5.97 Å². The molecular weight excluding hydrogens is 270 g/mol. The van der Waals surface area contributed by atoms with Gasteiger partial charge in [-0.25, -0.2) is 9.18 Å². The Kier molecular flexibility index (Phi) is 5.11. The van der Waals surface area contributed by atoms with Gasteiger partial charge in [0.2, 0.25) is 0 Å². The van der Waals surface area contributed by atoms with Crippen LogP contribution < -0.4 is 10.1 Å². The average molecular weight is 281 g/mol. The second-order valence-electron chi connectivity index (χ2n) is 3.63. The first kappa shape index (κ1) is 15.2. The van der Waals surface area contributed by atoms with Crippen molar-refractivity contribution in [2.75, 3.05) is 13.1 Å². The van der Waals surface area contributed by atoms with Crippen molar-refractivity contribution in [3.8, 4) is 5.75 Å². The molecule has 2 N–H and O–H groups in total. The molecule has 106 valence electrons. The Bertz CT molecular complexity index is 432. The fraction of sp³-hybridized carbons (Fsp3) is 0.364. The summed E-state index contributed by atoms with van der Waals surface area (Å²) in [7, 11) is 0. The van der Waals surface area contributed by atoms with Crippen LogP contribution in [0.4, 0.5) is 17.6 Å². The third kappa shape index (κ3) is 5.12. The largest absolute Gasteiger partial charge is 0.490 e. The van der Waals surface area contributed by atoms with E-state index in [0.717, 1.165) is 13.1 Å². The molecule has 8 heteroatoms. The first-order valence-corrected chi connectivity index (χ1v) is 5.22. The lowest BCUT2D eigenvalue weighted by atomic mass is 10.2. The number of hydrogen-bond acceptors (Lipinski definition) is 3. The zero-order valence-electron chi connectivity index (χ0n) is 9.58. The number of carboxylic acid groups (broad SMARTS) is 1. The molecule has 0 atom stereocenters. The summed E-state index contributed by atoms with van der Waals surface area (Å²) < 4.78 is 50.0. The summed E-state index contributed by atoms with van der Waals surface area (Å²) in [5, 5.41) is 10.2. The highest BCUT2D eigenvalue weighted by Gasteiger charge is 2.38. The zero-order chi connectivity index (χ0) is 14.5. The summed E-state index contributed by atoms with van der Waals surface area (Å²) >= 11 is 0. The minimum absolute atomic E-state index is 0.141. The molecule has 1 saturated heterocycles. The van der Waals surface area contributed by atoms with E-state index in [2.05, 4.69) is 5.32 Å². The van der Waals surface area contributed by atoms with Gasteiger partial charge in [-0.15, -0.1) is 0 Å². The predicted octanol–water partition coefficient (Wildman–Crippen LogP) is 1.81. The molecule has 0 radical (unpaired) electrons. The van der Waals surface area contributed by atoms with Crippen LogP contribution in [0, 0.1) is 5.82 Å². The highest BCUT2D eigenvalue weighted by atomic mass is 19.4. The van der Waals surface area contributed by atoms with Gasteiger partial charge in [0.1, 0.15) is 6.10 Å². The maximum atomic E-state index is 13.0. The standard InChI is InChI=1S/C9H10FNO.C2HF3O2/c10-8-3-1-2-4-9(8)12-7-5-11-6-7;3-2(4,5)1(6)7/h1-4,7,11H,5-6H2;(H,6,7). The summed E-state index contributed by atoms with van der Waals surface area (Å²) in [6.45, 7) is 1.63. The normalized spacial score (nSPS) is 14.9. The molecule has 0 bridgehead atoms. The number of ether oxygens (including phenoxy) is 1. The second kappa shape index (κ2) is 6.37. The first-order valence-electron chi connectivity index (χ1n) is 5.22. The van der Waals surface area contributed by atoms with E-state index in [9.17, 15) is 17.6 Å². The minimum Gasteiger partial charge on any atom is -0.485 e. The SMILES string of the molecule is Fc1ccccc1OC1CNC1.O=C(O)C(F)(F)F. The van der Waals surface area contributed by atoms with Gasteiger partial charge in [-0.05, 0) is 12.1 Å². The molecular formula is C11H11F4NO3. The van der Waals surface area contributed by atoms with E-state index in [0.29, 0.717) is 5.75 Å². The Morgan fingerprint density at radius 3 is 2.21 bits per heavy atom. The smallest absolute Gasteiger partial charge is 0.485 e. The monoisotopic (exact) mass is 281 g/mol. The molecule has 2 rings (SSSR count). The van der Waals surface area contributed by atoms with Crippen molar-refractivity contribution < 1.29 is 32.2 Å². The van der Waals surface area contributed by atoms with Crippen LogP contribution in [0.25, 0.3) is 0 Å². The lowest BCUT2D eigenvalue weighted by Crippen LogP contribution is -2.50. The Hall–Kier alpha value is -1.83. The maximum Gasteiger partial charge on any atom is 0.490 e. The van der Waals surface area contributed by atoms with E-state index >= 15 is 0 Å². The van der Waals surface area contributed by atoms with Gasteiger partial charge in [-0.1, -0.05) is 12.1 Å². The number of hydrogen-bond donors (Lipinski definition) is 2. The van der Waals surface area contributed by atoms with Gasteiger partial charge in [-0.2, -0.15) is 13.2 Å². The van der Waals surface area contributed by atoms with Crippen molar-refractivity contribution in [2.24, 2.45) is 0 Å². The minimum atomic E-state index is -5.08. The third-order valence-electron chi connectivity index (χ3n) is 2.12. The molecule has 1 aliphatic rings. The van der Waals surface area contributed by atoms with Crippen LogP contribution in [0.5, 0.6) is 5.75 Å². The summed E-state index contributed by atoms with van der Waals surface area (Å²) in [5.74, 6) is -2.69. The van der Waals surface area contributed by atoms with Gasteiger partial charge in [0.05, 0.1) is 0 Å². The molecule has 1 aromatic carbocycles. The van der Waals surface area contributed by atoms with Crippen LogP contribution in [-0.4, -0.2) is 36.4 Å². The molecule has 0 aliphatic carbocycles. The molecule has 0 saturated carbocycles. The van der Waals surface area contributed by atoms with Crippen LogP contribution in [-0.2, 0) is 4.79 Å². The fourth-order valence-electron chi connectivity index (χ4n) is 1.07. The van der Waals surface area contributed by atoms with Gasteiger partial charge < -0.3 is 15.2 Å². The van der Waals surface area contributed by atoms with Crippen molar-refractivity contribution in [3.63, 3.8) is 0 Å². The first-order chi connectivity index (χ1) is 8.80. The lowest BCUT2D eigenvalue weighted by molar-refractivity contribution is -0.192. The summed E-state index contributed by atoms with van der Waals surface area (Å²) in [6, 6.07) is 6.47. The van der Waals surface area contributed by atoms with Crippen LogP contribution in [0.2, 0.25) is 0 Å². The molecule has 19 heavy (non-hydrogen) atoms. The van der Waals surface area contributed by atoms with Crippen LogP contribution >= 0.6 is 0 Å². The number of halogens is 4. The molecule has 1 aromatic rings. The maximum absolute atomic E-state index is 13.0. The number of carbonyl (C=O) groups is 1. The zero-order valence-corrected chi connectivity index (χ0v) is 9.58. The number of para-hydroxylation sites is 1. The van der Waals surface area contributed by atoms with Crippen LogP contribution in [0.15, 0.2) is 24.3 Å². The molecule has 0 unspecified atom stereocenters. The van der Waals surface area contributed by atoms with Gasteiger partial charge in [0.15, 0.2) is 11.6 Å². The summed E-state index contributed by atoms with van der Waals surface area (Å²) in [5.41, 5.74) is 0. The van der Waals surface area contributed by atoms with E-state index in [4.69, 9.17) is 14.6 Å². The highest BCUT2D eigenvalue weighted by Crippen LogP contribution is 2.17. The summed E-state index contributed by atoms with van der Waals surface area (Å²) in [4.78, 5) is 8.90.